The van der Waals surface area contributed by atoms with Crippen LogP contribution in [0.1, 0.15) is 6.42 Å². The lowest BCUT2D eigenvalue weighted by molar-refractivity contribution is -0.128. The first-order valence-corrected chi connectivity index (χ1v) is 6.06. The smallest absolute Gasteiger partial charge is 0.239 e. The second kappa shape index (κ2) is 4.72. The number of carbonyl (C=O) groups excluding carboxylic acids is 1. The summed E-state index contributed by atoms with van der Waals surface area (Å²) in [5.74, 6) is -1.06. The first-order valence-electron chi connectivity index (χ1n) is 4.35. The van der Waals surface area contributed by atoms with Gasteiger partial charge in [0.1, 0.15) is 5.75 Å². The molecule has 14 heavy (non-hydrogen) atoms. The van der Waals surface area contributed by atoms with Crippen LogP contribution in [0.15, 0.2) is 0 Å². The van der Waals surface area contributed by atoms with Gasteiger partial charge in [0.15, 0.2) is 0 Å². The fourth-order valence-electron chi connectivity index (χ4n) is 1.26. The Labute approximate surface area is 83.1 Å². The Balaban J connectivity index is 2.50. The second-order valence-corrected chi connectivity index (χ2v) is 4.77. The maximum Gasteiger partial charge on any atom is 0.239 e. The summed E-state index contributed by atoms with van der Waals surface area (Å²) in [6.07, 6.45) is 0.732. The highest BCUT2D eigenvalue weighted by molar-refractivity contribution is 7.89. The van der Waals surface area contributed by atoms with E-state index >= 15 is 0 Å². The van der Waals surface area contributed by atoms with E-state index in [2.05, 4.69) is 0 Å². The molecule has 0 unspecified atom stereocenters. The standard InChI is InChI=1S/C7H14N2O4S/c8-14(11,12)6-7(10)9-2-1-4-13-5-3-9/h1-6H2,(H2,8,11,12). The average Bonchev–Trinajstić information content (AvgIpc) is 2.27. The number of ether oxygens (including phenoxy) is 1. The van der Waals surface area contributed by atoms with Gasteiger partial charge in [0.25, 0.3) is 0 Å². The first-order chi connectivity index (χ1) is 6.49. The van der Waals surface area contributed by atoms with Crippen molar-refractivity contribution in [1.82, 2.24) is 4.90 Å². The quantitative estimate of drug-likeness (QED) is 0.617. The third-order valence-electron chi connectivity index (χ3n) is 1.90. The van der Waals surface area contributed by atoms with Crippen molar-refractivity contribution in [3.63, 3.8) is 0 Å². The molecule has 1 aliphatic heterocycles. The van der Waals surface area contributed by atoms with Crippen LogP contribution in [0.2, 0.25) is 0 Å². The lowest BCUT2D eigenvalue weighted by Crippen LogP contribution is -2.39. The zero-order chi connectivity index (χ0) is 10.6. The molecular weight excluding hydrogens is 208 g/mol. The second-order valence-electron chi connectivity index (χ2n) is 3.15. The molecule has 0 spiro atoms. The van der Waals surface area contributed by atoms with Gasteiger partial charge in [-0.2, -0.15) is 0 Å². The Morgan fingerprint density at radius 3 is 2.71 bits per heavy atom. The first kappa shape index (κ1) is 11.4. The lowest BCUT2D eigenvalue weighted by atomic mass is 10.4. The number of amides is 1. The van der Waals surface area contributed by atoms with Crippen LogP contribution in [-0.2, 0) is 19.6 Å². The number of hydrogen-bond donors (Lipinski definition) is 1. The SMILES string of the molecule is NS(=O)(=O)CC(=O)N1CCCOCC1. The molecule has 7 heteroatoms. The normalized spacial score (nSPS) is 19.1. The summed E-state index contributed by atoms with van der Waals surface area (Å²) in [4.78, 5) is 12.8. The largest absolute Gasteiger partial charge is 0.380 e. The van der Waals surface area contributed by atoms with E-state index in [0.717, 1.165) is 6.42 Å². The van der Waals surface area contributed by atoms with Gasteiger partial charge in [-0.25, -0.2) is 13.6 Å². The predicted octanol–water partition coefficient (Wildman–Crippen LogP) is -1.48. The van der Waals surface area contributed by atoms with E-state index in [4.69, 9.17) is 9.88 Å². The molecule has 0 radical (unpaired) electrons. The highest BCUT2D eigenvalue weighted by atomic mass is 32.2. The zero-order valence-corrected chi connectivity index (χ0v) is 8.62. The van der Waals surface area contributed by atoms with Crippen molar-refractivity contribution in [2.45, 2.75) is 6.42 Å². The van der Waals surface area contributed by atoms with Gasteiger partial charge in [-0.1, -0.05) is 0 Å². The minimum atomic E-state index is -3.72. The molecule has 1 saturated heterocycles. The highest BCUT2D eigenvalue weighted by Crippen LogP contribution is 2.00. The van der Waals surface area contributed by atoms with Crippen LogP contribution in [0.4, 0.5) is 0 Å². The van der Waals surface area contributed by atoms with Crippen molar-refractivity contribution in [3.05, 3.63) is 0 Å². The van der Waals surface area contributed by atoms with Gasteiger partial charge in [-0.05, 0) is 6.42 Å². The van der Waals surface area contributed by atoms with Gasteiger partial charge in [0.05, 0.1) is 6.61 Å². The number of sulfonamides is 1. The molecule has 0 bridgehead atoms. The summed E-state index contributed by atoms with van der Waals surface area (Å²) in [6.45, 7) is 2.04. The molecule has 82 valence electrons. The molecule has 6 nitrogen and oxygen atoms in total. The molecule has 1 fully saturated rings. The van der Waals surface area contributed by atoms with Gasteiger partial charge >= 0.3 is 0 Å². The predicted molar refractivity (Wildman–Crippen MR) is 50.0 cm³/mol. The third kappa shape index (κ3) is 4.03. The molecule has 0 aromatic rings. The fourth-order valence-corrected chi connectivity index (χ4v) is 1.79. The van der Waals surface area contributed by atoms with Crippen molar-refractivity contribution in [3.8, 4) is 0 Å². The van der Waals surface area contributed by atoms with Crippen LogP contribution in [0.25, 0.3) is 0 Å². The monoisotopic (exact) mass is 222 g/mol. The molecule has 0 aliphatic carbocycles. The Morgan fingerprint density at radius 2 is 2.07 bits per heavy atom. The Hall–Kier alpha value is -0.660. The third-order valence-corrected chi connectivity index (χ3v) is 2.55. The molecule has 2 N–H and O–H groups in total. The molecular formula is C7H14N2O4S. The van der Waals surface area contributed by atoms with Gasteiger partial charge in [-0.3, -0.25) is 4.79 Å². The number of rotatable bonds is 2. The van der Waals surface area contributed by atoms with E-state index in [1.54, 1.807) is 0 Å². The van der Waals surface area contributed by atoms with Crippen molar-refractivity contribution in [1.29, 1.82) is 0 Å². The van der Waals surface area contributed by atoms with Gasteiger partial charge in [-0.15, -0.1) is 0 Å². The number of primary sulfonamides is 1. The minimum absolute atomic E-state index is 0.439. The van der Waals surface area contributed by atoms with Crippen molar-refractivity contribution >= 4 is 15.9 Å². The molecule has 1 amide bonds. The molecule has 1 heterocycles. The zero-order valence-electron chi connectivity index (χ0n) is 7.81. The lowest BCUT2D eigenvalue weighted by Gasteiger charge is -2.18. The topological polar surface area (TPSA) is 89.7 Å². The maximum atomic E-state index is 11.4. The van der Waals surface area contributed by atoms with Crippen LogP contribution in [-0.4, -0.2) is 51.3 Å². The molecule has 1 rings (SSSR count). The Morgan fingerprint density at radius 1 is 1.36 bits per heavy atom. The summed E-state index contributed by atoms with van der Waals surface area (Å²) in [6, 6.07) is 0. The Kier molecular flexibility index (Phi) is 3.85. The van der Waals surface area contributed by atoms with Gasteiger partial charge in [0, 0.05) is 19.7 Å². The van der Waals surface area contributed by atoms with E-state index in [-0.39, 0.29) is 0 Å². The van der Waals surface area contributed by atoms with Crippen LogP contribution in [0, 0.1) is 0 Å². The highest BCUT2D eigenvalue weighted by Gasteiger charge is 2.19. The maximum absolute atomic E-state index is 11.4. The number of nitrogens with zero attached hydrogens (tertiary/aromatic N) is 1. The Bertz CT molecular complexity index is 293. The molecule has 0 saturated carbocycles. The summed E-state index contributed by atoms with van der Waals surface area (Å²) < 4.78 is 26.5. The van der Waals surface area contributed by atoms with Crippen molar-refractivity contribution in [2.24, 2.45) is 5.14 Å². The van der Waals surface area contributed by atoms with Gasteiger partial charge < -0.3 is 9.64 Å². The van der Waals surface area contributed by atoms with Crippen LogP contribution >= 0.6 is 0 Å². The molecule has 0 atom stereocenters. The van der Waals surface area contributed by atoms with E-state index in [0.29, 0.717) is 26.3 Å². The fraction of sp³-hybridized carbons (Fsp3) is 0.857. The summed E-state index contributed by atoms with van der Waals surface area (Å²) in [5, 5.41) is 4.78. The van der Waals surface area contributed by atoms with Gasteiger partial charge in [0.2, 0.25) is 15.9 Å². The van der Waals surface area contributed by atoms with Crippen molar-refractivity contribution < 1.29 is 17.9 Å². The number of nitrogens with two attached hydrogens (primary N) is 1. The van der Waals surface area contributed by atoms with Crippen LogP contribution < -0.4 is 5.14 Å². The average molecular weight is 222 g/mol. The summed E-state index contributed by atoms with van der Waals surface area (Å²) in [7, 11) is -3.72. The minimum Gasteiger partial charge on any atom is -0.380 e. The van der Waals surface area contributed by atoms with Crippen LogP contribution in [0.3, 0.4) is 0 Å². The summed E-state index contributed by atoms with van der Waals surface area (Å²) in [5.41, 5.74) is 0. The number of carbonyl (C=O) groups is 1. The van der Waals surface area contributed by atoms with E-state index < -0.39 is 21.7 Å². The van der Waals surface area contributed by atoms with Crippen molar-refractivity contribution in [2.75, 3.05) is 32.1 Å². The van der Waals surface area contributed by atoms with E-state index in [1.165, 1.54) is 4.90 Å². The molecule has 0 aromatic carbocycles. The van der Waals surface area contributed by atoms with E-state index in [9.17, 15) is 13.2 Å². The number of hydrogen-bond acceptors (Lipinski definition) is 4. The summed E-state index contributed by atoms with van der Waals surface area (Å²) >= 11 is 0. The van der Waals surface area contributed by atoms with Crippen LogP contribution in [0.5, 0.6) is 0 Å². The molecule has 1 aliphatic rings. The van der Waals surface area contributed by atoms with E-state index in [1.807, 2.05) is 0 Å². The molecule has 0 aromatic heterocycles.